The number of hydrogen-bond acceptors (Lipinski definition) is 24. The quantitative estimate of drug-likeness (QED) is 0.00766. The predicted octanol–water partition coefficient (Wildman–Crippen LogP) is -5.21. The zero-order valence-corrected chi connectivity index (χ0v) is 61.7. The van der Waals surface area contributed by atoms with E-state index in [1.54, 1.807) is 42.7 Å². The molecule has 2 aliphatic rings. The number of benzene rings is 5. The van der Waals surface area contributed by atoms with Gasteiger partial charge in [-0.15, -0.1) is 0 Å². The van der Waals surface area contributed by atoms with Crippen molar-refractivity contribution in [1.29, 1.82) is 0 Å². The van der Waals surface area contributed by atoms with E-state index in [4.69, 9.17) is 18.9 Å². The van der Waals surface area contributed by atoms with E-state index in [1.807, 2.05) is 60.7 Å². The summed E-state index contributed by atoms with van der Waals surface area (Å²) in [7, 11) is -8.43. The fraction of sp³-hybridized carbons (Fsp3) is 0.446. The zero-order chi connectivity index (χ0) is 68.9. The summed E-state index contributed by atoms with van der Waals surface area (Å²) in [5.74, 6) is -6.72. The van der Waals surface area contributed by atoms with E-state index >= 15 is 0 Å². The molecule has 12 atom stereocenters. The van der Waals surface area contributed by atoms with Crippen molar-refractivity contribution >= 4 is 79.3 Å². The number of ether oxygens (including phenoxy) is 4. The minimum absolute atomic E-state index is 0. The second-order valence-electron chi connectivity index (χ2n) is 22.6. The SMILES string of the molecule is CC(=O)N[C@H]1[C@H]([C@H](O)[C@H](O)CNS(=O)(=O)c2ccc(-c3ccccc3)cc2)O[C@]([C-]=O)(OCCCSCCNC(=O)c2ccc(C(=O)CCCSCCCO[C@]3(C(=O)[O-])C[C@H](O)[C@@H](NC(C)=O)[C@H]([C@H](O)[C@H](O)CNS(=O)(=O)c4ccc(-c5ccccc5)cc4)O3)cc2)C[C@@H]1O.[Na+].[Na+].[OH-]. The molecule has 5 aromatic carbocycles. The first-order valence-electron chi connectivity index (χ1n) is 30.5. The minimum Gasteiger partial charge on any atom is -0.870 e. The van der Waals surface area contributed by atoms with Crippen molar-refractivity contribution in [2.75, 3.05) is 55.9 Å². The van der Waals surface area contributed by atoms with E-state index in [2.05, 4.69) is 25.4 Å². The van der Waals surface area contributed by atoms with Gasteiger partial charge in [-0.1, -0.05) is 97.1 Å². The van der Waals surface area contributed by atoms with Gasteiger partial charge in [0.15, 0.2) is 5.78 Å². The van der Waals surface area contributed by atoms with Crippen molar-refractivity contribution in [3.63, 3.8) is 0 Å². The summed E-state index contributed by atoms with van der Waals surface area (Å²) in [4.78, 5) is 75.0. The number of aliphatic carboxylic acids is 1. The summed E-state index contributed by atoms with van der Waals surface area (Å²) in [5, 5.41) is 87.1. The Morgan fingerprint density at radius 3 is 1.47 bits per heavy atom. The van der Waals surface area contributed by atoms with Crippen LogP contribution in [0, 0.1) is 0 Å². The van der Waals surface area contributed by atoms with E-state index in [-0.39, 0.29) is 119 Å². The van der Waals surface area contributed by atoms with Crippen molar-refractivity contribution < 1.29 is 165 Å². The largest absolute Gasteiger partial charge is 1.00 e. The van der Waals surface area contributed by atoms with E-state index in [0.29, 0.717) is 47.0 Å². The number of hydrogen-bond donors (Lipinski definition) is 11. The number of ketones is 1. The molecule has 2 saturated heterocycles. The first kappa shape index (κ1) is 85.8. The van der Waals surface area contributed by atoms with Gasteiger partial charge in [0.05, 0.1) is 58.7 Å². The van der Waals surface area contributed by atoms with Gasteiger partial charge in [-0.05, 0) is 95.2 Å². The number of rotatable bonds is 37. The summed E-state index contributed by atoms with van der Waals surface area (Å²) in [6, 6.07) is 33.8. The average Bonchev–Trinajstić information content (AvgIpc) is 0.778. The molecule has 0 spiro atoms. The zero-order valence-electron chi connectivity index (χ0n) is 54.5. The van der Waals surface area contributed by atoms with Gasteiger partial charge < -0.3 is 85.7 Å². The fourth-order valence-electron chi connectivity index (χ4n) is 10.6. The van der Waals surface area contributed by atoms with Gasteiger partial charge in [-0.25, -0.2) is 32.6 Å². The van der Waals surface area contributed by atoms with Crippen molar-refractivity contribution in [2.45, 2.75) is 135 Å². The fourth-order valence-corrected chi connectivity index (χ4v) is 14.3. The predicted molar refractivity (Wildman–Crippen MR) is 351 cm³/mol. The third-order valence-corrected chi connectivity index (χ3v) is 20.7. The molecule has 27 nitrogen and oxygen atoms in total. The van der Waals surface area contributed by atoms with E-state index in [1.165, 1.54) is 59.9 Å². The van der Waals surface area contributed by atoms with Crippen LogP contribution < -0.4 is 89.6 Å². The van der Waals surface area contributed by atoms with Crippen LogP contribution in [-0.2, 0) is 58.2 Å². The van der Waals surface area contributed by atoms with Gasteiger partial charge >= 0.3 is 59.1 Å². The number of carboxylic acids is 1. The monoisotopic (exact) mass is 1460 g/mol. The molecule has 5 aromatic rings. The molecule has 98 heavy (non-hydrogen) atoms. The standard InChI is InChI=1S/C65H80N5O21S4.2Na.H2O/c1-41(72)69-56-52(75)36-64(40-71,90-60(56)58(79)54(77)38-67-94(84,85)49-25-21-45(22-26-49)43-12-5-3-6-13-43)88-30-10-34-93-35-29-66-62(81)48-19-17-47(18-20-48)51(74)16-9-32-92-33-11-31-89-65(63(82)83)37-53(76)57(70-42(2)73)61(91-65)59(80)55(78)39-68-95(86,87)50-27-23-46(24-28-50)44-14-7-4-8-15-44;;;/h3-8,12-15,17-28,52-61,67-68,75-80H,9-11,16,29-39H2,1-2H3,(H,66,81)(H,69,72)(H,70,73)(H,82,83);;;1H2/q-1;2*+1;/p-2/t52-,53-,54+,55+,56+,57+,58+,59+,60+,61+,64+,65+;;;/m0.../s1. The minimum atomic E-state index is -4.24. The molecule has 0 radical (unpaired) electrons. The third-order valence-electron chi connectivity index (χ3n) is 15.6. The van der Waals surface area contributed by atoms with Crippen LogP contribution >= 0.6 is 23.5 Å². The van der Waals surface area contributed by atoms with Gasteiger partial charge in [-0.2, -0.15) is 23.5 Å². The molecule has 2 aliphatic heterocycles. The van der Waals surface area contributed by atoms with Gasteiger partial charge in [0.25, 0.3) is 5.91 Å². The van der Waals surface area contributed by atoms with Crippen LogP contribution in [0.2, 0.25) is 0 Å². The summed E-state index contributed by atoms with van der Waals surface area (Å²) in [6.45, 7) is 0.694. The topological polar surface area (TPSA) is 442 Å². The number of carbonyl (C=O) groups excluding carboxylic acids is 6. The van der Waals surface area contributed by atoms with E-state index in [9.17, 15) is 81.3 Å². The Morgan fingerprint density at radius 1 is 0.592 bits per heavy atom. The summed E-state index contributed by atoms with van der Waals surface area (Å²) in [6.07, 6.45) is -12.9. The van der Waals surface area contributed by atoms with Crippen molar-refractivity contribution in [1.82, 2.24) is 25.4 Å². The van der Waals surface area contributed by atoms with Crippen LogP contribution in [0.1, 0.15) is 73.1 Å². The number of aliphatic hydroxyl groups excluding tert-OH is 6. The maximum atomic E-state index is 13.2. The number of carboxylic acid groups (broad SMARTS) is 1. The molecule has 524 valence electrons. The first-order chi connectivity index (χ1) is 45.3. The summed E-state index contributed by atoms with van der Waals surface area (Å²) >= 11 is 2.90. The maximum Gasteiger partial charge on any atom is 1.00 e. The van der Waals surface area contributed by atoms with Crippen LogP contribution in [-0.4, -0.2) is 217 Å². The van der Waals surface area contributed by atoms with Gasteiger partial charge in [-0.3, -0.25) is 19.2 Å². The molecule has 7 rings (SSSR count). The first-order valence-corrected chi connectivity index (χ1v) is 35.8. The smallest absolute Gasteiger partial charge is 0.870 e. The molecule has 0 saturated carbocycles. The molecule has 33 heteroatoms. The third kappa shape index (κ3) is 24.6. The molecular weight excluding hydrogens is 1380 g/mol. The average molecular weight is 1460 g/mol. The van der Waals surface area contributed by atoms with Crippen molar-refractivity contribution in [3.8, 4) is 22.3 Å². The number of nitrogens with one attached hydrogen (secondary N) is 5. The second-order valence-corrected chi connectivity index (χ2v) is 28.6. The molecule has 3 amide bonds. The number of amides is 3. The molecule has 2 fully saturated rings. The number of Topliss-reactive ketones (excluding diaryl/α,β-unsaturated/α-hetero) is 1. The van der Waals surface area contributed by atoms with Crippen LogP contribution in [0.4, 0.5) is 0 Å². The molecule has 0 bridgehead atoms. The molecule has 0 aromatic heterocycles. The van der Waals surface area contributed by atoms with E-state index in [0.717, 1.165) is 36.1 Å². The Morgan fingerprint density at radius 2 is 1.01 bits per heavy atom. The summed E-state index contributed by atoms with van der Waals surface area (Å²) < 4.78 is 80.2. The van der Waals surface area contributed by atoms with Gasteiger partial charge in [0.2, 0.25) is 37.6 Å². The molecule has 2 heterocycles. The Labute approximate surface area is 621 Å². The van der Waals surface area contributed by atoms with Crippen LogP contribution in [0.25, 0.3) is 22.3 Å². The normalized spacial score (nSPS) is 22.0. The Bertz CT molecular complexity index is 3580. The second kappa shape index (κ2) is 40.9. The van der Waals surface area contributed by atoms with Gasteiger partial charge in [0, 0.05) is 76.2 Å². The Hall–Kier alpha value is -4.60. The number of aliphatic hydroxyl groups is 6. The number of carbonyl (C=O) groups is 5. The van der Waals surface area contributed by atoms with Crippen LogP contribution in [0.15, 0.2) is 143 Å². The van der Waals surface area contributed by atoms with Crippen molar-refractivity contribution in [3.05, 3.63) is 145 Å². The van der Waals surface area contributed by atoms with Crippen LogP contribution in [0.3, 0.4) is 0 Å². The molecule has 0 aliphatic carbocycles. The van der Waals surface area contributed by atoms with E-state index < -0.39 is 136 Å². The Kier molecular flexibility index (Phi) is 35.8. The summed E-state index contributed by atoms with van der Waals surface area (Å²) in [5.41, 5.74) is 3.96. The molecular formula is C65H80N5Na2O22S4-. The Balaban J connectivity index is 0.00000680. The maximum absolute atomic E-state index is 13.2. The van der Waals surface area contributed by atoms with Crippen molar-refractivity contribution in [2.24, 2.45) is 0 Å². The van der Waals surface area contributed by atoms with Gasteiger partial charge in [0.1, 0.15) is 30.4 Å². The number of thioether (sulfide) groups is 2. The molecule has 0 unspecified atom stereocenters. The number of sulfonamides is 2. The van der Waals surface area contributed by atoms with Crippen LogP contribution in [0.5, 0.6) is 0 Å². The molecule has 12 N–H and O–H groups in total.